The molecule has 214 valence electrons. The Morgan fingerprint density at radius 2 is 1.72 bits per heavy atom. The van der Waals surface area contributed by atoms with Crippen LogP contribution in [0, 0.1) is 11.7 Å². The number of rotatable bonds is 7. The molecule has 0 saturated carbocycles. The van der Waals surface area contributed by atoms with Crippen molar-refractivity contribution < 1.29 is 30.8 Å². The monoisotopic (exact) mass is 570 g/mol. The Morgan fingerprint density at radius 1 is 1.00 bits per heavy atom. The Balaban J connectivity index is 1.50. The van der Waals surface area contributed by atoms with E-state index in [1.807, 2.05) is 24.8 Å². The van der Waals surface area contributed by atoms with Crippen LogP contribution in [0.15, 0.2) is 47.4 Å². The molecule has 2 aliphatic heterocycles. The van der Waals surface area contributed by atoms with Gasteiger partial charge in [0.15, 0.2) is 0 Å². The van der Waals surface area contributed by atoms with Crippen molar-refractivity contribution in [3.8, 4) is 0 Å². The van der Waals surface area contributed by atoms with Crippen LogP contribution in [-0.2, 0) is 21.0 Å². The van der Waals surface area contributed by atoms with E-state index in [4.69, 9.17) is 0 Å². The van der Waals surface area contributed by atoms with E-state index in [0.29, 0.717) is 44.4 Å². The van der Waals surface area contributed by atoms with Gasteiger partial charge in [0.1, 0.15) is 5.82 Å². The number of carbonyl (C=O) groups is 1. The van der Waals surface area contributed by atoms with E-state index >= 15 is 0 Å². The summed E-state index contributed by atoms with van der Waals surface area (Å²) in [6.07, 6.45) is -4.05. The van der Waals surface area contributed by atoms with Crippen LogP contribution in [0.25, 0.3) is 0 Å². The van der Waals surface area contributed by atoms with Crippen molar-refractivity contribution in [1.29, 1.82) is 0 Å². The lowest BCUT2D eigenvalue weighted by Crippen LogP contribution is -2.54. The highest BCUT2D eigenvalue weighted by molar-refractivity contribution is 7.89. The van der Waals surface area contributed by atoms with Gasteiger partial charge >= 0.3 is 6.18 Å². The Morgan fingerprint density at radius 3 is 2.36 bits per heavy atom. The number of anilines is 2. The third kappa shape index (κ3) is 6.01. The molecule has 39 heavy (non-hydrogen) atoms. The van der Waals surface area contributed by atoms with Gasteiger partial charge in [-0.05, 0) is 63.6 Å². The SMILES string of the molecule is CCN(CC)C(=O)C1CCN(c2cccc(S(=O)(=O)N3CCN(c4ccc(F)cc4C(F)(F)F)C[C@H]3C)c2)C1. The van der Waals surface area contributed by atoms with Gasteiger partial charge in [-0.3, -0.25) is 4.79 Å². The quantitative estimate of drug-likeness (QED) is 0.461. The van der Waals surface area contributed by atoms with Crippen molar-refractivity contribution in [2.45, 2.75) is 44.3 Å². The first kappa shape index (κ1) is 29.1. The summed E-state index contributed by atoms with van der Waals surface area (Å²) in [6.45, 7) is 7.99. The van der Waals surface area contributed by atoms with Crippen molar-refractivity contribution in [2.75, 3.05) is 55.6 Å². The molecule has 2 saturated heterocycles. The summed E-state index contributed by atoms with van der Waals surface area (Å²) in [6, 6.07) is 8.49. The maximum atomic E-state index is 13.6. The maximum Gasteiger partial charge on any atom is 0.418 e. The van der Waals surface area contributed by atoms with E-state index in [1.165, 1.54) is 15.3 Å². The zero-order chi connectivity index (χ0) is 28.5. The van der Waals surface area contributed by atoms with Gasteiger partial charge in [-0.15, -0.1) is 0 Å². The molecule has 1 amide bonds. The lowest BCUT2D eigenvalue weighted by Gasteiger charge is -2.40. The fourth-order valence-electron chi connectivity index (χ4n) is 5.49. The summed E-state index contributed by atoms with van der Waals surface area (Å²) in [7, 11) is -3.94. The Bertz CT molecular complexity index is 1300. The topological polar surface area (TPSA) is 64.2 Å². The van der Waals surface area contributed by atoms with Gasteiger partial charge in [-0.1, -0.05) is 6.07 Å². The number of halogens is 4. The molecular formula is C27H34F4N4O3S. The summed E-state index contributed by atoms with van der Waals surface area (Å²) in [5.74, 6) is -1.03. The Kier molecular flexibility index (Phi) is 8.46. The average Bonchev–Trinajstić information content (AvgIpc) is 3.39. The highest BCUT2D eigenvalue weighted by Crippen LogP contribution is 2.38. The van der Waals surface area contributed by atoms with Gasteiger partial charge < -0.3 is 14.7 Å². The molecule has 0 aromatic heterocycles. The number of sulfonamides is 1. The maximum absolute atomic E-state index is 13.6. The normalized spacial score (nSPS) is 20.9. The first-order chi connectivity index (χ1) is 18.4. The van der Waals surface area contributed by atoms with Gasteiger partial charge in [0.25, 0.3) is 0 Å². The summed E-state index contributed by atoms with van der Waals surface area (Å²) >= 11 is 0. The summed E-state index contributed by atoms with van der Waals surface area (Å²) in [5, 5.41) is 0. The zero-order valence-electron chi connectivity index (χ0n) is 22.3. The molecule has 7 nitrogen and oxygen atoms in total. The number of amides is 1. The summed E-state index contributed by atoms with van der Waals surface area (Å²) in [4.78, 5) is 18.2. The largest absolute Gasteiger partial charge is 0.418 e. The van der Waals surface area contributed by atoms with Crippen LogP contribution in [0.4, 0.5) is 28.9 Å². The molecule has 2 aliphatic rings. The molecule has 2 heterocycles. The minimum Gasteiger partial charge on any atom is -0.371 e. The van der Waals surface area contributed by atoms with Gasteiger partial charge in [0, 0.05) is 63.2 Å². The smallest absolute Gasteiger partial charge is 0.371 e. The van der Waals surface area contributed by atoms with Gasteiger partial charge in [0.2, 0.25) is 15.9 Å². The first-order valence-corrected chi connectivity index (χ1v) is 14.6. The standard InChI is InChI=1S/C27H34F4N4O3S/c1-4-32(5-2)26(36)20-11-12-33(18-20)22-7-6-8-23(16-22)39(37,38)35-14-13-34(17-19(35)3)25-10-9-21(28)15-24(25)27(29,30)31/h6-10,15-16,19-20H,4-5,11-14,17-18H2,1-3H3/t19-,20?/m1/s1. The molecule has 2 atom stereocenters. The number of nitrogens with zero attached hydrogens (tertiary/aromatic N) is 4. The van der Waals surface area contributed by atoms with E-state index < -0.39 is 33.6 Å². The van der Waals surface area contributed by atoms with Crippen LogP contribution >= 0.6 is 0 Å². The van der Waals surface area contributed by atoms with Gasteiger partial charge in [-0.25, -0.2) is 12.8 Å². The van der Waals surface area contributed by atoms with Crippen LogP contribution in [0.3, 0.4) is 0 Å². The molecular weight excluding hydrogens is 536 g/mol. The molecule has 4 rings (SSSR count). The number of piperazine rings is 1. The predicted octanol–water partition coefficient (Wildman–Crippen LogP) is 4.44. The number of alkyl halides is 3. The van der Waals surface area contributed by atoms with Crippen molar-refractivity contribution in [1.82, 2.24) is 9.21 Å². The van der Waals surface area contributed by atoms with Crippen LogP contribution in [0.1, 0.15) is 32.8 Å². The first-order valence-electron chi connectivity index (χ1n) is 13.1. The zero-order valence-corrected chi connectivity index (χ0v) is 23.1. The second kappa shape index (κ2) is 11.3. The molecule has 0 aliphatic carbocycles. The number of hydrogen-bond donors (Lipinski definition) is 0. The fraction of sp³-hybridized carbons (Fsp3) is 0.519. The number of benzene rings is 2. The van der Waals surface area contributed by atoms with Crippen LogP contribution in [0.5, 0.6) is 0 Å². The number of hydrogen-bond acceptors (Lipinski definition) is 5. The molecule has 0 bridgehead atoms. The highest BCUT2D eigenvalue weighted by atomic mass is 32.2. The van der Waals surface area contributed by atoms with Crippen LogP contribution < -0.4 is 9.80 Å². The van der Waals surface area contributed by atoms with E-state index in [9.17, 15) is 30.8 Å². The second-order valence-corrected chi connectivity index (χ2v) is 11.9. The molecule has 1 unspecified atom stereocenters. The van der Waals surface area contributed by atoms with E-state index in [-0.39, 0.29) is 42.0 Å². The Hall–Kier alpha value is -2.86. The van der Waals surface area contributed by atoms with Crippen molar-refractivity contribution >= 4 is 27.3 Å². The molecule has 2 aromatic carbocycles. The third-order valence-corrected chi connectivity index (χ3v) is 9.58. The Labute approximate surface area is 227 Å². The minimum absolute atomic E-state index is 0.0213. The molecule has 0 N–H and O–H groups in total. The number of carbonyl (C=O) groups excluding carboxylic acids is 1. The van der Waals surface area contributed by atoms with E-state index in [1.54, 1.807) is 24.0 Å². The van der Waals surface area contributed by atoms with Crippen molar-refractivity contribution in [3.63, 3.8) is 0 Å². The fourth-order valence-corrected chi connectivity index (χ4v) is 7.15. The molecule has 0 radical (unpaired) electrons. The second-order valence-electron chi connectivity index (χ2n) is 10.0. The minimum atomic E-state index is -4.74. The summed E-state index contributed by atoms with van der Waals surface area (Å²) < 4.78 is 82.8. The van der Waals surface area contributed by atoms with Crippen molar-refractivity contribution in [2.24, 2.45) is 5.92 Å². The highest BCUT2D eigenvalue weighted by Gasteiger charge is 2.39. The third-order valence-electron chi connectivity index (χ3n) is 7.57. The van der Waals surface area contributed by atoms with Gasteiger partial charge in [-0.2, -0.15) is 17.5 Å². The average molecular weight is 571 g/mol. The van der Waals surface area contributed by atoms with Crippen LogP contribution in [-0.4, -0.2) is 75.4 Å². The van der Waals surface area contributed by atoms with Crippen molar-refractivity contribution in [3.05, 3.63) is 53.8 Å². The van der Waals surface area contributed by atoms with Crippen LogP contribution in [0.2, 0.25) is 0 Å². The van der Waals surface area contributed by atoms with E-state index in [2.05, 4.69) is 0 Å². The molecule has 2 aromatic rings. The molecule has 0 spiro atoms. The molecule has 12 heteroatoms. The van der Waals surface area contributed by atoms with Gasteiger partial charge in [0.05, 0.1) is 16.4 Å². The van der Waals surface area contributed by atoms with E-state index in [0.717, 1.165) is 12.1 Å². The lowest BCUT2D eigenvalue weighted by molar-refractivity contribution is -0.137. The lowest BCUT2D eigenvalue weighted by atomic mass is 10.1. The predicted molar refractivity (Wildman–Crippen MR) is 142 cm³/mol. The summed E-state index contributed by atoms with van der Waals surface area (Å²) in [5.41, 5.74) is -0.543. The molecule has 2 fully saturated rings.